The van der Waals surface area contributed by atoms with Crippen LogP contribution in [0.5, 0.6) is 0 Å². The first-order chi connectivity index (χ1) is 13.1. The maximum absolute atomic E-state index is 12.5. The second-order valence-corrected chi connectivity index (χ2v) is 9.09. The number of carbonyl (C=O) groups excluding carboxylic acids is 1. The standard InChI is InChI=1S/C19H14BrN3O2S2/c1-12-14(9-10-25-12)18-21-22-19(23(18)13-5-3-2-4-6-13)26-11-15(24)16-7-8-17(20)27-16/h2-10H,11H2,1H3. The van der Waals surface area contributed by atoms with E-state index >= 15 is 0 Å². The van der Waals surface area contributed by atoms with Crippen molar-refractivity contribution in [3.05, 3.63) is 69.2 Å². The lowest BCUT2D eigenvalue weighted by Crippen LogP contribution is -2.03. The molecule has 0 atom stereocenters. The zero-order valence-electron chi connectivity index (χ0n) is 14.3. The summed E-state index contributed by atoms with van der Waals surface area (Å²) in [5, 5.41) is 9.37. The smallest absolute Gasteiger partial charge is 0.196 e. The Morgan fingerprint density at radius 3 is 2.67 bits per heavy atom. The second kappa shape index (κ2) is 7.84. The monoisotopic (exact) mass is 459 g/mol. The molecule has 0 fully saturated rings. The molecule has 4 aromatic rings. The first kappa shape index (κ1) is 18.2. The topological polar surface area (TPSA) is 60.9 Å². The first-order valence-corrected chi connectivity index (χ1v) is 10.7. The minimum atomic E-state index is 0.0688. The van der Waals surface area contributed by atoms with E-state index in [0.29, 0.717) is 16.7 Å². The summed E-state index contributed by atoms with van der Waals surface area (Å²) in [4.78, 5) is 13.2. The summed E-state index contributed by atoms with van der Waals surface area (Å²) in [7, 11) is 0. The van der Waals surface area contributed by atoms with E-state index in [-0.39, 0.29) is 5.78 Å². The molecule has 3 heterocycles. The fourth-order valence-corrected chi connectivity index (χ4v) is 4.88. The average molecular weight is 460 g/mol. The van der Waals surface area contributed by atoms with Crippen LogP contribution in [0.25, 0.3) is 17.1 Å². The number of benzene rings is 1. The van der Waals surface area contributed by atoms with Crippen LogP contribution in [-0.4, -0.2) is 26.3 Å². The quantitative estimate of drug-likeness (QED) is 0.276. The van der Waals surface area contributed by atoms with Crippen molar-refractivity contribution in [3.8, 4) is 17.1 Å². The van der Waals surface area contributed by atoms with Crippen LogP contribution in [0.15, 0.2) is 68.2 Å². The van der Waals surface area contributed by atoms with Gasteiger partial charge in [0.2, 0.25) is 0 Å². The van der Waals surface area contributed by atoms with Crippen LogP contribution >= 0.6 is 39.0 Å². The third-order valence-corrected chi connectivity index (χ3v) is 6.52. The molecule has 4 rings (SSSR count). The molecular weight excluding hydrogens is 446 g/mol. The van der Waals surface area contributed by atoms with E-state index in [0.717, 1.165) is 25.7 Å². The number of Topliss-reactive ketones (excluding diaryl/α,β-unsaturated/α-hetero) is 1. The largest absolute Gasteiger partial charge is 0.469 e. The van der Waals surface area contributed by atoms with Crippen molar-refractivity contribution >= 4 is 44.8 Å². The molecule has 1 aromatic carbocycles. The SMILES string of the molecule is Cc1occc1-c1nnc(SCC(=O)c2ccc(Br)s2)n1-c1ccccc1. The van der Waals surface area contributed by atoms with E-state index in [1.165, 1.54) is 23.1 Å². The minimum Gasteiger partial charge on any atom is -0.469 e. The predicted octanol–water partition coefficient (Wildman–Crippen LogP) is 5.63. The molecule has 0 bridgehead atoms. The Hall–Kier alpha value is -2.16. The number of carbonyl (C=O) groups is 1. The molecule has 0 saturated carbocycles. The average Bonchev–Trinajstić information content (AvgIpc) is 3.40. The van der Waals surface area contributed by atoms with E-state index in [9.17, 15) is 4.79 Å². The van der Waals surface area contributed by atoms with E-state index in [1.807, 2.05) is 60.0 Å². The molecule has 0 aliphatic heterocycles. The van der Waals surface area contributed by atoms with Crippen LogP contribution in [0.2, 0.25) is 0 Å². The van der Waals surface area contributed by atoms with Gasteiger partial charge in [0.1, 0.15) is 5.76 Å². The fourth-order valence-electron chi connectivity index (χ4n) is 2.63. The molecule has 136 valence electrons. The molecule has 27 heavy (non-hydrogen) atoms. The van der Waals surface area contributed by atoms with Crippen molar-refractivity contribution in [3.63, 3.8) is 0 Å². The summed E-state index contributed by atoms with van der Waals surface area (Å²) in [5.41, 5.74) is 1.82. The number of ketones is 1. The third-order valence-electron chi connectivity index (χ3n) is 3.93. The predicted molar refractivity (Wildman–Crippen MR) is 111 cm³/mol. The second-order valence-electron chi connectivity index (χ2n) is 5.68. The molecule has 0 saturated heterocycles. The van der Waals surface area contributed by atoms with E-state index in [4.69, 9.17) is 4.42 Å². The van der Waals surface area contributed by atoms with E-state index in [2.05, 4.69) is 26.1 Å². The van der Waals surface area contributed by atoms with Crippen molar-refractivity contribution in [2.24, 2.45) is 0 Å². The summed E-state index contributed by atoms with van der Waals surface area (Å²) in [6.07, 6.45) is 1.64. The number of nitrogens with zero attached hydrogens (tertiary/aromatic N) is 3. The molecule has 0 aliphatic rings. The van der Waals surface area contributed by atoms with Crippen molar-refractivity contribution in [2.45, 2.75) is 12.1 Å². The lowest BCUT2D eigenvalue weighted by atomic mass is 10.2. The Kier molecular flexibility index (Phi) is 5.29. The van der Waals surface area contributed by atoms with E-state index < -0.39 is 0 Å². The van der Waals surface area contributed by atoms with Crippen LogP contribution in [0.4, 0.5) is 0 Å². The lowest BCUT2D eigenvalue weighted by Gasteiger charge is -2.09. The maximum atomic E-state index is 12.5. The Balaban J connectivity index is 1.68. The molecule has 0 amide bonds. The van der Waals surface area contributed by atoms with Gasteiger partial charge in [0.15, 0.2) is 16.8 Å². The Morgan fingerprint density at radius 1 is 1.19 bits per heavy atom. The zero-order chi connectivity index (χ0) is 18.8. The Bertz CT molecular complexity index is 1090. The minimum absolute atomic E-state index is 0.0688. The van der Waals surface area contributed by atoms with Crippen molar-refractivity contribution in [1.82, 2.24) is 14.8 Å². The number of furan rings is 1. The van der Waals surface area contributed by atoms with Gasteiger partial charge in [-0.25, -0.2) is 0 Å². The number of hydrogen-bond donors (Lipinski definition) is 0. The molecule has 0 N–H and O–H groups in total. The number of rotatable bonds is 6. The van der Waals surface area contributed by atoms with Crippen LogP contribution in [0.3, 0.4) is 0 Å². The highest BCUT2D eigenvalue weighted by Crippen LogP contribution is 2.31. The summed E-state index contributed by atoms with van der Waals surface area (Å²) in [5.74, 6) is 1.83. The maximum Gasteiger partial charge on any atom is 0.196 e. The Labute approximate surface area is 172 Å². The van der Waals surface area contributed by atoms with Gasteiger partial charge in [0.05, 0.1) is 26.2 Å². The number of hydrogen-bond acceptors (Lipinski definition) is 6. The van der Waals surface area contributed by atoms with Crippen molar-refractivity contribution in [2.75, 3.05) is 5.75 Å². The van der Waals surface area contributed by atoms with Gasteiger partial charge in [-0.1, -0.05) is 30.0 Å². The normalized spacial score (nSPS) is 11.0. The lowest BCUT2D eigenvalue weighted by molar-refractivity contribution is 0.102. The number of halogens is 1. The molecular formula is C19H14BrN3O2S2. The molecule has 0 unspecified atom stereocenters. The van der Waals surface area contributed by atoms with Crippen molar-refractivity contribution < 1.29 is 9.21 Å². The van der Waals surface area contributed by atoms with Gasteiger partial charge in [-0.3, -0.25) is 9.36 Å². The van der Waals surface area contributed by atoms with Crippen molar-refractivity contribution in [1.29, 1.82) is 0 Å². The molecule has 0 radical (unpaired) electrons. The van der Waals surface area contributed by atoms with Crippen LogP contribution in [0, 0.1) is 6.92 Å². The van der Waals surface area contributed by atoms with E-state index in [1.54, 1.807) is 6.26 Å². The number of thiophene rings is 1. The first-order valence-electron chi connectivity index (χ1n) is 8.10. The molecule has 8 heteroatoms. The number of para-hydroxylation sites is 1. The van der Waals surface area contributed by atoms with Crippen LogP contribution in [-0.2, 0) is 0 Å². The summed E-state index contributed by atoms with van der Waals surface area (Å²) < 4.78 is 8.34. The molecule has 3 aromatic heterocycles. The zero-order valence-corrected chi connectivity index (χ0v) is 17.5. The third kappa shape index (κ3) is 3.78. The molecule has 0 spiro atoms. The fraction of sp³-hybridized carbons (Fsp3) is 0.105. The highest BCUT2D eigenvalue weighted by atomic mass is 79.9. The van der Waals surface area contributed by atoms with Gasteiger partial charge in [-0.05, 0) is 53.2 Å². The number of aryl methyl sites for hydroxylation is 1. The summed E-state index contributed by atoms with van der Waals surface area (Å²) in [6, 6.07) is 15.5. The Morgan fingerprint density at radius 2 is 2.00 bits per heavy atom. The highest BCUT2D eigenvalue weighted by molar-refractivity contribution is 9.11. The van der Waals surface area contributed by atoms with Crippen LogP contribution in [0.1, 0.15) is 15.4 Å². The molecule has 5 nitrogen and oxygen atoms in total. The number of aromatic nitrogens is 3. The number of thioether (sulfide) groups is 1. The molecule has 0 aliphatic carbocycles. The van der Waals surface area contributed by atoms with Crippen LogP contribution < -0.4 is 0 Å². The van der Waals surface area contributed by atoms with Gasteiger partial charge in [-0.2, -0.15) is 0 Å². The summed E-state index contributed by atoms with van der Waals surface area (Å²) >= 11 is 6.21. The van der Waals surface area contributed by atoms with Gasteiger partial charge in [0.25, 0.3) is 0 Å². The van der Waals surface area contributed by atoms with Gasteiger partial charge >= 0.3 is 0 Å². The highest BCUT2D eigenvalue weighted by Gasteiger charge is 2.20. The van der Waals surface area contributed by atoms with Gasteiger partial charge < -0.3 is 4.42 Å². The summed E-state index contributed by atoms with van der Waals surface area (Å²) in [6.45, 7) is 1.89. The van der Waals surface area contributed by atoms with Gasteiger partial charge in [-0.15, -0.1) is 21.5 Å². The van der Waals surface area contributed by atoms with Gasteiger partial charge in [0, 0.05) is 5.69 Å².